The zero-order valence-electron chi connectivity index (χ0n) is 14.0. The number of methoxy groups -OCH3 is 1. The number of fused-ring (bicyclic) bond motifs is 1. The molecule has 0 saturated carbocycles. The number of ether oxygens (including phenoxy) is 1. The number of hydrogen-bond donors (Lipinski definition) is 2. The van der Waals surface area contributed by atoms with Gasteiger partial charge in [-0.1, -0.05) is 17.7 Å². The molecule has 1 aromatic carbocycles. The molecular weight excluding hydrogens is 326 g/mol. The molecule has 0 atom stereocenters. The summed E-state index contributed by atoms with van der Waals surface area (Å²) in [7, 11) is 1.74. The van der Waals surface area contributed by atoms with Gasteiger partial charge in [0.25, 0.3) is 5.91 Å². The van der Waals surface area contributed by atoms with Crippen molar-refractivity contribution >= 4 is 28.4 Å². The Bertz CT molecular complexity index is 693. The number of benzene rings is 1. The van der Waals surface area contributed by atoms with Crippen molar-refractivity contribution in [2.24, 2.45) is 5.92 Å². The molecule has 2 heterocycles. The van der Waals surface area contributed by atoms with Crippen LogP contribution in [0.2, 0.25) is 5.02 Å². The number of nitrogens with zero attached hydrogens (tertiary/aromatic N) is 1. The quantitative estimate of drug-likeness (QED) is 0.843. The van der Waals surface area contributed by atoms with Crippen LogP contribution < -0.4 is 5.32 Å². The van der Waals surface area contributed by atoms with E-state index in [0.29, 0.717) is 16.5 Å². The number of H-pyrrole nitrogens is 1. The number of piperidine rings is 1. The molecule has 3 rings (SSSR count). The van der Waals surface area contributed by atoms with Gasteiger partial charge in [0.05, 0.1) is 12.2 Å². The Morgan fingerprint density at radius 1 is 1.42 bits per heavy atom. The highest BCUT2D eigenvalue weighted by Gasteiger charge is 2.20. The monoisotopic (exact) mass is 349 g/mol. The first-order valence-corrected chi connectivity index (χ1v) is 8.81. The summed E-state index contributed by atoms with van der Waals surface area (Å²) in [6.07, 6.45) is 3.99. The van der Waals surface area contributed by atoms with E-state index in [1.807, 2.05) is 18.2 Å². The van der Waals surface area contributed by atoms with Gasteiger partial charge in [-0.05, 0) is 44.0 Å². The molecule has 0 aliphatic carbocycles. The van der Waals surface area contributed by atoms with Crippen molar-refractivity contribution in [2.45, 2.75) is 12.8 Å². The first kappa shape index (κ1) is 17.3. The number of nitrogens with one attached hydrogen (secondary N) is 2. The van der Waals surface area contributed by atoms with Crippen molar-refractivity contribution in [1.82, 2.24) is 15.2 Å². The van der Waals surface area contributed by atoms with Crippen LogP contribution in [0.5, 0.6) is 0 Å². The zero-order chi connectivity index (χ0) is 16.9. The summed E-state index contributed by atoms with van der Waals surface area (Å²) in [5, 5.41) is 4.66. The van der Waals surface area contributed by atoms with E-state index >= 15 is 0 Å². The normalized spacial score (nSPS) is 16.6. The van der Waals surface area contributed by atoms with Gasteiger partial charge < -0.3 is 19.9 Å². The molecule has 1 aromatic heterocycles. The highest BCUT2D eigenvalue weighted by atomic mass is 35.5. The third-order valence-corrected chi connectivity index (χ3v) is 4.99. The van der Waals surface area contributed by atoms with Gasteiger partial charge in [0.15, 0.2) is 0 Å². The van der Waals surface area contributed by atoms with Crippen LogP contribution in [-0.4, -0.2) is 55.7 Å². The Balaban J connectivity index is 1.51. The maximum atomic E-state index is 12.5. The lowest BCUT2D eigenvalue weighted by atomic mass is 9.96. The molecule has 130 valence electrons. The van der Waals surface area contributed by atoms with Gasteiger partial charge in [-0.15, -0.1) is 0 Å². The predicted octanol–water partition coefficient (Wildman–Crippen LogP) is 2.91. The topological polar surface area (TPSA) is 57.4 Å². The molecule has 1 aliphatic rings. The number of aromatic nitrogens is 1. The van der Waals surface area contributed by atoms with Crippen LogP contribution in [0, 0.1) is 5.92 Å². The van der Waals surface area contributed by atoms with Crippen LogP contribution in [0.15, 0.2) is 24.4 Å². The average molecular weight is 350 g/mol. The SMILES string of the molecule is COCCN1CCC(CNC(=O)c2c[nH]c3cc(Cl)ccc23)CC1. The van der Waals surface area contributed by atoms with E-state index in [1.165, 1.54) is 0 Å². The highest BCUT2D eigenvalue weighted by molar-refractivity contribution is 6.31. The molecule has 0 radical (unpaired) electrons. The Hall–Kier alpha value is -1.56. The summed E-state index contributed by atoms with van der Waals surface area (Å²) in [6.45, 7) is 4.67. The lowest BCUT2D eigenvalue weighted by Gasteiger charge is -2.31. The lowest BCUT2D eigenvalue weighted by Crippen LogP contribution is -2.39. The summed E-state index contributed by atoms with van der Waals surface area (Å²) in [5.41, 5.74) is 1.57. The smallest absolute Gasteiger partial charge is 0.253 e. The fourth-order valence-corrected chi connectivity index (χ4v) is 3.43. The fourth-order valence-electron chi connectivity index (χ4n) is 3.25. The minimum Gasteiger partial charge on any atom is -0.383 e. The van der Waals surface area contributed by atoms with Crippen LogP contribution in [0.3, 0.4) is 0 Å². The standard InChI is InChI=1S/C18H24ClN3O2/c1-24-9-8-22-6-4-13(5-7-22)11-21-18(23)16-12-20-17-10-14(19)2-3-15(16)17/h2-3,10,12-13,20H,4-9,11H2,1H3,(H,21,23). The third-order valence-electron chi connectivity index (χ3n) is 4.76. The van der Waals surface area contributed by atoms with Crippen molar-refractivity contribution in [3.05, 3.63) is 35.0 Å². The maximum absolute atomic E-state index is 12.5. The van der Waals surface area contributed by atoms with Gasteiger partial charge in [-0.2, -0.15) is 0 Å². The van der Waals surface area contributed by atoms with E-state index in [2.05, 4.69) is 15.2 Å². The largest absolute Gasteiger partial charge is 0.383 e. The zero-order valence-corrected chi connectivity index (χ0v) is 14.7. The summed E-state index contributed by atoms with van der Waals surface area (Å²) in [4.78, 5) is 18.0. The Morgan fingerprint density at radius 2 is 2.21 bits per heavy atom. The van der Waals surface area contributed by atoms with Crippen molar-refractivity contribution in [3.8, 4) is 0 Å². The molecule has 24 heavy (non-hydrogen) atoms. The van der Waals surface area contributed by atoms with Crippen LogP contribution in [0.25, 0.3) is 10.9 Å². The van der Waals surface area contributed by atoms with Gasteiger partial charge in [-0.3, -0.25) is 4.79 Å². The molecule has 1 fully saturated rings. The number of carbonyl (C=O) groups excluding carboxylic acids is 1. The van der Waals surface area contributed by atoms with Crippen LogP contribution >= 0.6 is 11.6 Å². The molecule has 0 unspecified atom stereocenters. The van der Waals surface area contributed by atoms with E-state index in [0.717, 1.165) is 56.5 Å². The number of halogens is 1. The van der Waals surface area contributed by atoms with E-state index in [4.69, 9.17) is 16.3 Å². The number of amides is 1. The number of carbonyl (C=O) groups is 1. The Kier molecular flexibility index (Phi) is 5.76. The Morgan fingerprint density at radius 3 is 2.96 bits per heavy atom. The van der Waals surface area contributed by atoms with E-state index < -0.39 is 0 Å². The van der Waals surface area contributed by atoms with E-state index in [1.54, 1.807) is 13.3 Å². The van der Waals surface area contributed by atoms with Crippen LogP contribution in [0.4, 0.5) is 0 Å². The molecule has 2 aromatic rings. The molecular formula is C18H24ClN3O2. The Labute approximate surface area is 147 Å². The van der Waals surface area contributed by atoms with E-state index in [-0.39, 0.29) is 5.91 Å². The first-order chi connectivity index (χ1) is 11.7. The molecule has 0 bridgehead atoms. The van der Waals surface area contributed by atoms with Crippen LogP contribution in [-0.2, 0) is 4.74 Å². The molecule has 5 nitrogen and oxygen atoms in total. The van der Waals surface area contributed by atoms with Gasteiger partial charge in [-0.25, -0.2) is 0 Å². The summed E-state index contributed by atoms with van der Waals surface area (Å²) in [6, 6.07) is 5.53. The van der Waals surface area contributed by atoms with Gasteiger partial charge in [0.2, 0.25) is 0 Å². The maximum Gasteiger partial charge on any atom is 0.253 e. The summed E-state index contributed by atoms with van der Waals surface area (Å²) in [5.74, 6) is 0.526. The highest BCUT2D eigenvalue weighted by Crippen LogP contribution is 2.22. The van der Waals surface area contributed by atoms with Crippen molar-refractivity contribution in [1.29, 1.82) is 0 Å². The summed E-state index contributed by atoms with van der Waals surface area (Å²) >= 11 is 5.98. The fraction of sp³-hybridized carbons (Fsp3) is 0.500. The van der Waals surface area contributed by atoms with Crippen molar-refractivity contribution in [3.63, 3.8) is 0 Å². The molecule has 1 saturated heterocycles. The molecule has 1 amide bonds. The van der Waals surface area contributed by atoms with Crippen molar-refractivity contribution < 1.29 is 9.53 Å². The molecule has 0 spiro atoms. The van der Waals surface area contributed by atoms with Crippen molar-refractivity contribution in [2.75, 3.05) is 39.9 Å². The second-order valence-electron chi connectivity index (χ2n) is 6.38. The predicted molar refractivity (Wildman–Crippen MR) is 96.7 cm³/mol. The second kappa shape index (κ2) is 8.01. The van der Waals surface area contributed by atoms with Gasteiger partial charge >= 0.3 is 0 Å². The number of rotatable bonds is 6. The first-order valence-electron chi connectivity index (χ1n) is 8.43. The number of likely N-dealkylation sites (tertiary alicyclic amines) is 1. The third kappa shape index (κ3) is 4.09. The second-order valence-corrected chi connectivity index (χ2v) is 6.82. The minimum absolute atomic E-state index is 0.0228. The molecule has 1 aliphatic heterocycles. The number of hydrogen-bond acceptors (Lipinski definition) is 3. The lowest BCUT2D eigenvalue weighted by molar-refractivity contribution is 0.0927. The minimum atomic E-state index is -0.0228. The number of aromatic amines is 1. The van der Waals surface area contributed by atoms with E-state index in [9.17, 15) is 4.79 Å². The van der Waals surface area contributed by atoms with Gasteiger partial charge in [0, 0.05) is 42.3 Å². The average Bonchev–Trinajstić information content (AvgIpc) is 3.01. The molecule has 2 N–H and O–H groups in total. The van der Waals surface area contributed by atoms with Gasteiger partial charge in [0.1, 0.15) is 0 Å². The summed E-state index contributed by atoms with van der Waals surface area (Å²) < 4.78 is 5.12. The van der Waals surface area contributed by atoms with Crippen LogP contribution in [0.1, 0.15) is 23.2 Å². The molecule has 6 heteroatoms.